The third kappa shape index (κ3) is 2.40. The summed E-state index contributed by atoms with van der Waals surface area (Å²) in [6, 6.07) is 8.77. The molecule has 1 rings (SSSR count). The van der Waals surface area contributed by atoms with Crippen LogP contribution in [0.2, 0.25) is 0 Å². The average molecular weight is 184 g/mol. The van der Waals surface area contributed by atoms with E-state index in [0.29, 0.717) is 0 Å². The van der Waals surface area contributed by atoms with Crippen molar-refractivity contribution >= 4 is 7.95 Å². The molecule has 1 atom stereocenters. The van der Waals surface area contributed by atoms with Gasteiger partial charge in [-0.1, -0.05) is 30.3 Å². The first-order chi connectivity index (χ1) is 5.70. The van der Waals surface area contributed by atoms with Crippen molar-refractivity contribution in [3.8, 4) is 0 Å². The lowest BCUT2D eigenvalue weighted by Gasteiger charge is -1.92. The molecule has 0 aliphatic rings. The van der Waals surface area contributed by atoms with Crippen LogP contribution in [-0.2, 0) is 10.7 Å². The van der Waals surface area contributed by atoms with Gasteiger partial charge in [0.25, 0.3) is 0 Å². The highest BCUT2D eigenvalue weighted by Crippen LogP contribution is 2.25. The summed E-state index contributed by atoms with van der Waals surface area (Å²) in [6.45, 7) is 0. The molecule has 63 valence electrons. The van der Waals surface area contributed by atoms with Gasteiger partial charge in [0.05, 0.1) is 0 Å². The zero-order valence-electron chi connectivity index (χ0n) is 6.21. The maximum Gasteiger partial charge on any atom is 0.419 e. The van der Waals surface area contributed by atoms with Gasteiger partial charge in [0.1, 0.15) is 10.9 Å². The van der Waals surface area contributed by atoms with Crippen LogP contribution >= 0.6 is 7.95 Å². The maximum absolute atomic E-state index is 10.8. The van der Waals surface area contributed by atoms with Gasteiger partial charge in [0, 0.05) is 0 Å². The topological polar surface area (TPSA) is 60.2 Å². The molecule has 1 radical (unpaired) electrons. The lowest BCUT2D eigenvalue weighted by molar-refractivity contribution is -0.306. The Bertz CT molecular complexity index is 299. The molecule has 5 heteroatoms. The van der Waals surface area contributed by atoms with E-state index in [4.69, 9.17) is 0 Å². The van der Waals surface area contributed by atoms with Gasteiger partial charge in [-0.15, -0.1) is 0 Å². The predicted octanol–water partition coefficient (Wildman–Crippen LogP) is 2.21. The molecule has 1 aromatic carbocycles. The minimum atomic E-state index is -2.34. The maximum atomic E-state index is 10.8. The Morgan fingerprint density at radius 1 is 1.33 bits per heavy atom. The van der Waals surface area contributed by atoms with E-state index in [0.717, 1.165) is 5.56 Å². The van der Waals surface area contributed by atoms with Gasteiger partial charge in [-0.25, -0.2) is 4.57 Å². The van der Waals surface area contributed by atoms with E-state index in [2.05, 4.69) is 0 Å². The zero-order chi connectivity index (χ0) is 8.97. The minimum Gasteiger partial charge on any atom is -0.255 e. The molecule has 0 heterocycles. The molecule has 4 nitrogen and oxygen atoms in total. The highest BCUT2D eigenvalue weighted by atomic mass is 31.1. The smallest absolute Gasteiger partial charge is 0.255 e. The van der Waals surface area contributed by atoms with Gasteiger partial charge in [0.15, 0.2) is 0 Å². The fraction of sp³-hybridized carbons (Fsp3) is 0.143. The first kappa shape index (κ1) is 8.81. The fourth-order valence-electron chi connectivity index (χ4n) is 0.797. The summed E-state index contributed by atoms with van der Waals surface area (Å²) in [5, 5.41) is 10.0. The Hall–Kier alpha value is -1.28. The molecule has 0 bridgehead atoms. The molecule has 0 N–H and O–H groups in total. The number of rotatable bonds is 3. The standard InChI is InChI=1S/C7H7NO3P/c9-8(10)12(11)6-7-4-2-1-3-5-7/h1-5H,6H2. The Morgan fingerprint density at radius 3 is 2.42 bits per heavy atom. The van der Waals surface area contributed by atoms with Crippen molar-refractivity contribution in [1.29, 1.82) is 0 Å². The minimum absolute atomic E-state index is 0.0170. The number of nitro groups is 1. The molecule has 0 amide bonds. The molecule has 0 aliphatic carbocycles. The van der Waals surface area contributed by atoms with Crippen molar-refractivity contribution in [2.75, 3.05) is 0 Å². The van der Waals surface area contributed by atoms with E-state index >= 15 is 0 Å². The molecular formula is C7H7NO3P. The zero-order valence-corrected chi connectivity index (χ0v) is 7.11. The van der Waals surface area contributed by atoms with Gasteiger partial charge < -0.3 is 0 Å². The van der Waals surface area contributed by atoms with Gasteiger partial charge in [-0.3, -0.25) is 10.1 Å². The molecule has 1 aromatic rings. The molecule has 12 heavy (non-hydrogen) atoms. The fourth-order valence-corrected chi connectivity index (χ4v) is 1.44. The van der Waals surface area contributed by atoms with Crippen LogP contribution in [0.15, 0.2) is 30.3 Å². The lowest BCUT2D eigenvalue weighted by atomic mass is 10.2. The molecule has 1 unspecified atom stereocenters. The molecular weight excluding hydrogens is 177 g/mol. The predicted molar refractivity (Wildman–Crippen MR) is 44.7 cm³/mol. The monoisotopic (exact) mass is 184 g/mol. The second kappa shape index (κ2) is 3.93. The first-order valence-corrected chi connectivity index (χ1v) is 4.73. The molecule has 0 aromatic heterocycles. The molecule has 0 saturated heterocycles. The normalized spacial score (nSPS) is 10.8. The molecule has 0 fully saturated rings. The Balaban J connectivity index is 2.65. The highest BCUT2D eigenvalue weighted by molar-refractivity contribution is 7.36. The molecule has 0 spiro atoms. The lowest BCUT2D eigenvalue weighted by Crippen LogP contribution is -1.86. The van der Waals surface area contributed by atoms with E-state index in [1.54, 1.807) is 24.3 Å². The Kier molecular flexibility index (Phi) is 2.88. The van der Waals surface area contributed by atoms with Crippen LogP contribution in [0.25, 0.3) is 0 Å². The van der Waals surface area contributed by atoms with Crippen LogP contribution in [0, 0.1) is 10.1 Å². The van der Waals surface area contributed by atoms with E-state index in [1.807, 2.05) is 6.07 Å². The summed E-state index contributed by atoms with van der Waals surface area (Å²) >= 11 is 0. The van der Waals surface area contributed by atoms with Crippen molar-refractivity contribution < 1.29 is 9.26 Å². The summed E-state index contributed by atoms with van der Waals surface area (Å²) in [4.78, 5) is 10.0. The van der Waals surface area contributed by atoms with Crippen molar-refractivity contribution in [3.05, 3.63) is 46.0 Å². The van der Waals surface area contributed by atoms with Crippen molar-refractivity contribution in [3.63, 3.8) is 0 Å². The Morgan fingerprint density at radius 2 is 1.92 bits per heavy atom. The summed E-state index contributed by atoms with van der Waals surface area (Å²) in [5.74, 6) is 0. The van der Waals surface area contributed by atoms with Crippen molar-refractivity contribution in [2.24, 2.45) is 0 Å². The van der Waals surface area contributed by atoms with E-state index in [9.17, 15) is 14.7 Å². The molecule has 0 saturated carbocycles. The second-order valence-corrected chi connectivity index (χ2v) is 3.58. The van der Waals surface area contributed by atoms with Crippen molar-refractivity contribution in [1.82, 2.24) is 0 Å². The summed E-state index contributed by atoms with van der Waals surface area (Å²) in [5.41, 5.74) is 0.732. The third-order valence-corrected chi connectivity index (χ3v) is 2.34. The van der Waals surface area contributed by atoms with Crippen LogP contribution in [0.1, 0.15) is 5.56 Å². The van der Waals surface area contributed by atoms with Crippen molar-refractivity contribution in [2.45, 2.75) is 6.16 Å². The summed E-state index contributed by atoms with van der Waals surface area (Å²) < 4.78 is 10.0. The van der Waals surface area contributed by atoms with Crippen LogP contribution in [0.5, 0.6) is 0 Å². The number of nitrogens with zero attached hydrogens (tertiary/aromatic N) is 1. The van der Waals surface area contributed by atoms with E-state index < -0.39 is 12.6 Å². The highest BCUT2D eigenvalue weighted by Gasteiger charge is 2.13. The SMILES string of the molecule is O=[N+]([O-])[P](=O)Cc1ccccc1. The quantitative estimate of drug-likeness (QED) is 0.411. The average Bonchev–Trinajstić information content (AvgIpc) is 2.06. The van der Waals surface area contributed by atoms with Crippen LogP contribution in [0.4, 0.5) is 0 Å². The van der Waals surface area contributed by atoms with Gasteiger partial charge in [-0.2, -0.15) is 0 Å². The third-order valence-electron chi connectivity index (χ3n) is 1.34. The van der Waals surface area contributed by atoms with Gasteiger partial charge in [0.2, 0.25) is 0 Å². The van der Waals surface area contributed by atoms with Gasteiger partial charge in [-0.05, 0) is 5.56 Å². The van der Waals surface area contributed by atoms with Crippen LogP contribution < -0.4 is 0 Å². The Labute approximate surface area is 70.2 Å². The first-order valence-electron chi connectivity index (χ1n) is 3.33. The van der Waals surface area contributed by atoms with E-state index in [1.165, 1.54) is 0 Å². The summed E-state index contributed by atoms with van der Waals surface area (Å²) in [7, 11) is -2.34. The van der Waals surface area contributed by atoms with Crippen LogP contribution in [-0.4, -0.2) is 4.69 Å². The summed E-state index contributed by atoms with van der Waals surface area (Å²) in [6.07, 6.45) is 0.0170. The number of hydrogen-bond donors (Lipinski definition) is 0. The number of benzene rings is 1. The van der Waals surface area contributed by atoms with Crippen LogP contribution in [0.3, 0.4) is 0 Å². The largest absolute Gasteiger partial charge is 0.419 e. The number of hydrogen-bond acceptors (Lipinski definition) is 3. The second-order valence-electron chi connectivity index (χ2n) is 2.23. The van der Waals surface area contributed by atoms with Gasteiger partial charge >= 0.3 is 7.95 Å². The van der Waals surface area contributed by atoms with E-state index in [-0.39, 0.29) is 6.16 Å². The molecule has 0 aliphatic heterocycles.